The number of amides is 1. The second-order valence-electron chi connectivity index (χ2n) is 8.65. The van der Waals surface area contributed by atoms with Gasteiger partial charge in [-0.25, -0.2) is 0 Å². The molecule has 5 heteroatoms. The first-order valence-electron chi connectivity index (χ1n) is 9.30. The van der Waals surface area contributed by atoms with Gasteiger partial charge in [-0.05, 0) is 66.8 Å². The van der Waals surface area contributed by atoms with Crippen molar-refractivity contribution in [1.82, 2.24) is 10.2 Å². The lowest BCUT2D eigenvalue weighted by molar-refractivity contribution is -0.125. The first-order valence-corrected chi connectivity index (χ1v) is 9.30. The van der Waals surface area contributed by atoms with Gasteiger partial charge in [-0.2, -0.15) is 0 Å². The summed E-state index contributed by atoms with van der Waals surface area (Å²) in [6.45, 7) is 14.9. The van der Waals surface area contributed by atoms with E-state index in [9.17, 15) is 4.79 Å². The summed E-state index contributed by atoms with van der Waals surface area (Å²) < 4.78 is 11.9. The SMILES string of the molecule is CN(CCCOC(C)(C)C)CCC(C)(C)OCC1CCNC(=O)C1. The average molecular weight is 343 g/mol. The standard InChI is InChI=1S/C19H38N2O3/c1-18(2,3)23-13-7-11-21(6)12-9-19(4,5)24-15-16-8-10-20-17(22)14-16/h16H,7-15H2,1-6H3,(H,20,22). The molecule has 1 aliphatic rings. The molecule has 0 aromatic heterocycles. The van der Waals surface area contributed by atoms with Gasteiger partial charge in [0, 0.05) is 32.7 Å². The normalized spacial score (nSPS) is 19.6. The van der Waals surface area contributed by atoms with Crippen molar-refractivity contribution in [2.75, 3.05) is 39.9 Å². The Labute approximate surface area is 148 Å². The Kier molecular flexibility index (Phi) is 8.68. The topological polar surface area (TPSA) is 50.8 Å². The molecule has 1 rings (SSSR count). The van der Waals surface area contributed by atoms with Crippen LogP contribution in [-0.4, -0.2) is 61.9 Å². The first-order chi connectivity index (χ1) is 11.1. The molecule has 5 nitrogen and oxygen atoms in total. The molecule has 1 N–H and O–H groups in total. The summed E-state index contributed by atoms with van der Waals surface area (Å²) in [5.74, 6) is 0.523. The Hall–Kier alpha value is -0.650. The molecule has 142 valence electrons. The van der Waals surface area contributed by atoms with Gasteiger partial charge >= 0.3 is 0 Å². The molecule has 0 aliphatic carbocycles. The highest BCUT2D eigenvalue weighted by molar-refractivity contribution is 5.76. The van der Waals surface area contributed by atoms with Gasteiger partial charge in [0.2, 0.25) is 5.91 Å². The van der Waals surface area contributed by atoms with Gasteiger partial charge in [0.15, 0.2) is 0 Å². The minimum atomic E-state index is -0.149. The lowest BCUT2D eigenvalue weighted by atomic mass is 9.97. The zero-order valence-electron chi connectivity index (χ0n) is 16.6. The average Bonchev–Trinajstić information content (AvgIpc) is 2.47. The van der Waals surface area contributed by atoms with Crippen molar-refractivity contribution in [2.24, 2.45) is 5.92 Å². The van der Waals surface area contributed by atoms with Crippen LogP contribution < -0.4 is 5.32 Å². The van der Waals surface area contributed by atoms with Gasteiger partial charge in [0.1, 0.15) is 0 Å². The van der Waals surface area contributed by atoms with Crippen LogP contribution >= 0.6 is 0 Å². The molecule has 24 heavy (non-hydrogen) atoms. The molecule has 1 atom stereocenters. The summed E-state index contributed by atoms with van der Waals surface area (Å²) in [5, 5.41) is 2.87. The molecular weight excluding hydrogens is 304 g/mol. The molecule has 0 aromatic rings. The van der Waals surface area contributed by atoms with E-state index >= 15 is 0 Å². The smallest absolute Gasteiger partial charge is 0.220 e. The quantitative estimate of drug-likeness (QED) is 0.620. The molecule has 1 fully saturated rings. The highest BCUT2D eigenvalue weighted by Gasteiger charge is 2.24. The number of hydrogen-bond donors (Lipinski definition) is 1. The van der Waals surface area contributed by atoms with Gasteiger partial charge in [-0.3, -0.25) is 4.79 Å². The van der Waals surface area contributed by atoms with E-state index in [1.807, 2.05) is 0 Å². The van der Waals surface area contributed by atoms with E-state index in [1.165, 1.54) is 0 Å². The fraction of sp³-hybridized carbons (Fsp3) is 0.947. The maximum Gasteiger partial charge on any atom is 0.220 e. The Morgan fingerprint density at radius 1 is 1.17 bits per heavy atom. The zero-order chi connectivity index (χ0) is 18.2. The maximum atomic E-state index is 11.4. The number of ether oxygens (including phenoxy) is 2. The predicted molar refractivity (Wildman–Crippen MR) is 98.2 cm³/mol. The number of rotatable bonds is 10. The largest absolute Gasteiger partial charge is 0.376 e. The van der Waals surface area contributed by atoms with Crippen LogP contribution in [0.2, 0.25) is 0 Å². The molecule has 1 heterocycles. The lowest BCUT2D eigenvalue weighted by Gasteiger charge is -2.31. The second-order valence-corrected chi connectivity index (χ2v) is 8.65. The van der Waals surface area contributed by atoms with Crippen molar-refractivity contribution in [3.63, 3.8) is 0 Å². The Bertz CT molecular complexity index is 377. The van der Waals surface area contributed by atoms with Gasteiger partial charge in [-0.1, -0.05) is 0 Å². The number of hydrogen-bond acceptors (Lipinski definition) is 4. The number of nitrogens with one attached hydrogen (secondary N) is 1. The third-order valence-corrected chi connectivity index (χ3v) is 4.37. The number of piperidine rings is 1. The van der Waals surface area contributed by atoms with Crippen LogP contribution in [0.3, 0.4) is 0 Å². The van der Waals surface area contributed by atoms with Crippen LogP contribution in [0.25, 0.3) is 0 Å². The minimum absolute atomic E-state index is 0.0512. The van der Waals surface area contributed by atoms with E-state index in [0.29, 0.717) is 18.9 Å². The van der Waals surface area contributed by atoms with Crippen LogP contribution in [0.15, 0.2) is 0 Å². The maximum absolute atomic E-state index is 11.4. The van der Waals surface area contributed by atoms with Crippen molar-refractivity contribution in [3.8, 4) is 0 Å². The Morgan fingerprint density at radius 3 is 2.50 bits per heavy atom. The fourth-order valence-corrected chi connectivity index (χ4v) is 2.69. The van der Waals surface area contributed by atoms with Gasteiger partial charge < -0.3 is 19.7 Å². The monoisotopic (exact) mass is 342 g/mol. The summed E-state index contributed by atoms with van der Waals surface area (Å²) >= 11 is 0. The minimum Gasteiger partial charge on any atom is -0.376 e. The van der Waals surface area contributed by atoms with Crippen molar-refractivity contribution in [1.29, 1.82) is 0 Å². The number of carbonyl (C=O) groups excluding carboxylic acids is 1. The number of carbonyl (C=O) groups is 1. The van der Waals surface area contributed by atoms with Gasteiger partial charge in [0.25, 0.3) is 0 Å². The van der Waals surface area contributed by atoms with Crippen molar-refractivity contribution >= 4 is 5.91 Å². The van der Waals surface area contributed by atoms with E-state index in [4.69, 9.17) is 9.47 Å². The van der Waals surface area contributed by atoms with Crippen LogP contribution in [0.1, 0.15) is 60.3 Å². The second kappa shape index (κ2) is 9.73. The molecular formula is C19H38N2O3. The third-order valence-electron chi connectivity index (χ3n) is 4.37. The lowest BCUT2D eigenvalue weighted by Crippen LogP contribution is -2.38. The third kappa shape index (κ3) is 10.3. The van der Waals surface area contributed by atoms with E-state index in [2.05, 4.69) is 51.9 Å². The van der Waals surface area contributed by atoms with E-state index in [0.717, 1.165) is 45.5 Å². The molecule has 0 saturated carbocycles. The summed E-state index contributed by atoms with van der Waals surface area (Å²) in [5.41, 5.74) is -0.200. The van der Waals surface area contributed by atoms with Crippen molar-refractivity contribution in [3.05, 3.63) is 0 Å². The predicted octanol–water partition coefficient (Wildman–Crippen LogP) is 2.83. The molecule has 1 amide bonds. The molecule has 0 bridgehead atoms. The first kappa shape index (κ1) is 21.4. The summed E-state index contributed by atoms with van der Waals surface area (Å²) in [6, 6.07) is 0. The molecule has 1 saturated heterocycles. The van der Waals surface area contributed by atoms with Gasteiger partial charge in [0.05, 0.1) is 17.8 Å². The molecule has 1 aliphatic heterocycles. The molecule has 1 unspecified atom stereocenters. The van der Waals surface area contributed by atoms with Crippen molar-refractivity contribution < 1.29 is 14.3 Å². The van der Waals surface area contributed by atoms with E-state index < -0.39 is 0 Å². The highest BCUT2D eigenvalue weighted by atomic mass is 16.5. The molecule has 0 aromatic carbocycles. The highest BCUT2D eigenvalue weighted by Crippen LogP contribution is 2.20. The van der Waals surface area contributed by atoms with E-state index in [-0.39, 0.29) is 17.1 Å². The summed E-state index contributed by atoms with van der Waals surface area (Å²) in [7, 11) is 2.15. The molecule has 0 spiro atoms. The van der Waals surface area contributed by atoms with Crippen LogP contribution in [0.5, 0.6) is 0 Å². The van der Waals surface area contributed by atoms with E-state index in [1.54, 1.807) is 0 Å². The van der Waals surface area contributed by atoms with Gasteiger partial charge in [-0.15, -0.1) is 0 Å². The summed E-state index contributed by atoms with van der Waals surface area (Å²) in [4.78, 5) is 13.8. The van der Waals surface area contributed by atoms with Crippen LogP contribution in [-0.2, 0) is 14.3 Å². The summed E-state index contributed by atoms with van der Waals surface area (Å²) in [6.07, 6.45) is 3.66. The Morgan fingerprint density at radius 2 is 1.88 bits per heavy atom. The van der Waals surface area contributed by atoms with Crippen molar-refractivity contribution in [2.45, 2.75) is 71.5 Å². The van der Waals surface area contributed by atoms with Crippen LogP contribution in [0, 0.1) is 5.92 Å². The fourth-order valence-electron chi connectivity index (χ4n) is 2.69. The molecule has 0 radical (unpaired) electrons. The zero-order valence-corrected chi connectivity index (χ0v) is 16.6. The Balaban J connectivity index is 2.15. The number of nitrogens with zero attached hydrogens (tertiary/aromatic N) is 1. The van der Waals surface area contributed by atoms with Crippen LogP contribution in [0.4, 0.5) is 0 Å².